The van der Waals surface area contributed by atoms with Gasteiger partial charge in [0.25, 0.3) is 0 Å². The smallest absolute Gasteiger partial charge is 0.328 e. The van der Waals surface area contributed by atoms with E-state index in [1.54, 1.807) is 5.56 Å². The van der Waals surface area contributed by atoms with Crippen molar-refractivity contribution in [2.24, 2.45) is 23.7 Å². The minimum atomic E-state index is -0.874. The van der Waals surface area contributed by atoms with Gasteiger partial charge in [-0.15, -0.1) is 0 Å². The second kappa shape index (κ2) is 6.34. The van der Waals surface area contributed by atoms with Gasteiger partial charge in [0, 0.05) is 6.08 Å². The van der Waals surface area contributed by atoms with Gasteiger partial charge in [-0.1, -0.05) is 43.3 Å². The molecule has 0 aromatic heterocycles. The van der Waals surface area contributed by atoms with Gasteiger partial charge in [0.05, 0.1) is 0 Å². The Labute approximate surface area is 168 Å². The van der Waals surface area contributed by atoms with Crippen molar-refractivity contribution in [2.75, 3.05) is 0 Å². The van der Waals surface area contributed by atoms with Gasteiger partial charge in [-0.2, -0.15) is 0 Å². The lowest BCUT2D eigenvalue weighted by Gasteiger charge is -2.57. The number of allylic oxidation sites excluding steroid dienone is 3. The van der Waals surface area contributed by atoms with Crippen LogP contribution in [0.3, 0.4) is 0 Å². The Balaban J connectivity index is 1.31. The van der Waals surface area contributed by atoms with E-state index in [1.165, 1.54) is 50.2 Å². The number of carboxylic acids is 1. The van der Waals surface area contributed by atoms with Crippen LogP contribution in [0.1, 0.15) is 69.9 Å². The maximum Gasteiger partial charge on any atom is 0.328 e. The fourth-order valence-electron chi connectivity index (χ4n) is 7.19. The zero-order chi connectivity index (χ0) is 19.5. The number of aliphatic carboxylic acids is 1. The molecule has 2 nitrogen and oxygen atoms in total. The van der Waals surface area contributed by atoms with Crippen LogP contribution < -0.4 is 0 Å². The lowest BCUT2D eigenvalue weighted by atomic mass is 9.48. The van der Waals surface area contributed by atoms with E-state index in [4.69, 9.17) is 5.11 Å². The van der Waals surface area contributed by atoms with Crippen molar-refractivity contribution in [3.63, 3.8) is 0 Å². The van der Waals surface area contributed by atoms with E-state index >= 15 is 0 Å². The fourth-order valence-corrected chi connectivity index (χ4v) is 7.19. The van der Waals surface area contributed by atoms with Crippen LogP contribution in [0.25, 0.3) is 0 Å². The highest BCUT2D eigenvalue weighted by Gasteiger charge is 2.52. The van der Waals surface area contributed by atoms with Crippen LogP contribution in [-0.4, -0.2) is 11.1 Å². The van der Waals surface area contributed by atoms with Crippen LogP contribution in [-0.2, 0) is 15.6 Å². The van der Waals surface area contributed by atoms with Gasteiger partial charge >= 0.3 is 5.97 Å². The van der Waals surface area contributed by atoms with Crippen LogP contribution >= 0.6 is 0 Å². The summed E-state index contributed by atoms with van der Waals surface area (Å²) in [4.78, 5) is 10.8. The van der Waals surface area contributed by atoms with Crippen molar-refractivity contribution in [2.45, 2.75) is 69.6 Å². The summed E-state index contributed by atoms with van der Waals surface area (Å²) < 4.78 is 0. The van der Waals surface area contributed by atoms with E-state index in [9.17, 15) is 4.79 Å². The highest BCUT2D eigenvalue weighted by atomic mass is 16.4. The molecular weight excluding hydrogens is 344 g/mol. The second-order valence-corrected chi connectivity index (χ2v) is 10.6. The summed E-state index contributed by atoms with van der Waals surface area (Å²) in [5.41, 5.74) is 4.54. The molecule has 4 bridgehead atoms. The predicted molar refractivity (Wildman–Crippen MR) is 112 cm³/mol. The summed E-state index contributed by atoms with van der Waals surface area (Å²) in [6.45, 7) is 4.20. The number of carboxylic acid groups (broad SMARTS) is 1. The van der Waals surface area contributed by atoms with Gasteiger partial charge in [0.1, 0.15) is 0 Å². The molecule has 0 amide bonds. The maximum atomic E-state index is 10.8. The molecule has 0 radical (unpaired) electrons. The average molecular weight is 377 g/mol. The molecule has 1 aromatic rings. The third-order valence-electron chi connectivity index (χ3n) is 8.44. The number of carbonyl (C=O) groups is 1. The Morgan fingerprint density at radius 1 is 0.964 bits per heavy atom. The largest absolute Gasteiger partial charge is 0.478 e. The summed E-state index contributed by atoms with van der Waals surface area (Å²) in [5, 5.41) is 8.85. The first-order valence-electron chi connectivity index (χ1n) is 11.1. The molecule has 5 aliphatic carbocycles. The van der Waals surface area contributed by atoms with Gasteiger partial charge in [0.2, 0.25) is 0 Å². The van der Waals surface area contributed by atoms with E-state index in [0.717, 1.165) is 29.7 Å². The lowest BCUT2D eigenvalue weighted by molar-refractivity contribution is -0.131. The van der Waals surface area contributed by atoms with Gasteiger partial charge < -0.3 is 5.11 Å². The van der Waals surface area contributed by atoms with Crippen molar-refractivity contribution in [3.05, 3.63) is 59.2 Å². The Bertz CT molecular complexity index is 808. The maximum absolute atomic E-state index is 10.8. The number of hydrogen-bond donors (Lipinski definition) is 1. The van der Waals surface area contributed by atoms with Crippen molar-refractivity contribution in [1.29, 1.82) is 0 Å². The van der Waals surface area contributed by atoms with Crippen LogP contribution in [0.2, 0.25) is 0 Å². The molecule has 5 saturated carbocycles. The summed E-state index contributed by atoms with van der Waals surface area (Å²) in [5.74, 6) is 2.60. The summed E-state index contributed by atoms with van der Waals surface area (Å²) in [6, 6.07) is 9.67. The Hall–Kier alpha value is -1.83. The Kier molecular flexibility index (Phi) is 4.12. The zero-order valence-electron chi connectivity index (χ0n) is 17.2. The normalized spacial score (nSPS) is 41.6. The van der Waals surface area contributed by atoms with E-state index < -0.39 is 5.97 Å². The van der Waals surface area contributed by atoms with Crippen molar-refractivity contribution in [3.8, 4) is 0 Å². The molecule has 0 saturated heterocycles. The third-order valence-corrected chi connectivity index (χ3v) is 8.44. The molecule has 2 unspecified atom stereocenters. The van der Waals surface area contributed by atoms with Gasteiger partial charge in [-0.05, 0) is 103 Å². The monoisotopic (exact) mass is 376 g/mol. The summed E-state index contributed by atoms with van der Waals surface area (Å²) in [6.07, 6.45) is 15.4. The molecule has 148 valence electrons. The predicted octanol–water partition coefficient (Wildman–Crippen LogP) is 6.02. The molecule has 1 N–H and O–H groups in total. The molecule has 5 fully saturated rings. The van der Waals surface area contributed by atoms with Crippen LogP contribution in [0, 0.1) is 23.7 Å². The molecule has 2 atom stereocenters. The number of rotatable bonds is 5. The molecule has 0 spiro atoms. The summed E-state index contributed by atoms with van der Waals surface area (Å²) in [7, 11) is 0. The zero-order valence-corrected chi connectivity index (χ0v) is 17.2. The SMILES string of the molecule is CC(/C=C/C1CC1(C)c1ccc(C23CC4CC(CC(C4)C2)C3)cc1)=C\C(=O)O. The Morgan fingerprint density at radius 2 is 1.50 bits per heavy atom. The molecule has 2 heteroatoms. The van der Waals surface area contributed by atoms with Crippen molar-refractivity contribution >= 4 is 5.97 Å². The standard InChI is InChI=1S/C26H32O2/c1-17(9-24(27)28)3-4-23-16-25(23,2)21-5-7-22(8-6-21)26-13-18-10-19(14-26)12-20(11-18)15-26/h3-9,18-20,23H,10-16H2,1-2H3,(H,27,28)/b4-3+,17-9+. The van der Waals surface area contributed by atoms with E-state index in [-0.39, 0.29) is 5.41 Å². The molecular formula is C26H32O2. The quantitative estimate of drug-likeness (QED) is 0.504. The van der Waals surface area contributed by atoms with Crippen molar-refractivity contribution < 1.29 is 9.90 Å². The number of hydrogen-bond acceptors (Lipinski definition) is 1. The molecule has 6 rings (SSSR count). The minimum Gasteiger partial charge on any atom is -0.478 e. The first-order chi connectivity index (χ1) is 13.4. The van der Waals surface area contributed by atoms with Crippen molar-refractivity contribution in [1.82, 2.24) is 0 Å². The highest BCUT2D eigenvalue weighted by Crippen LogP contribution is 2.61. The third kappa shape index (κ3) is 3.06. The Morgan fingerprint density at radius 3 is 2.04 bits per heavy atom. The average Bonchev–Trinajstić information content (AvgIpc) is 3.30. The first kappa shape index (κ1) is 18.2. The molecule has 28 heavy (non-hydrogen) atoms. The molecule has 0 aliphatic heterocycles. The van der Waals surface area contributed by atoms with E-state index in [0.29, 0.717) is 11.3 Å². The fraction of sp³-hybridized carbons (Fsp3) is 0.577. The van der Waals surface area contributed by atoms with E-state index in [1.807, 2.05) is 13.0 Å². The van der Waals surface area contributed by atoms with Crippen LogP contribution in [0.4, 0.5) is 0 Å². The van der Waals surface area contributed by atoms with Crippen LogP contribution in [0.15, 0.2) is 48.1 Å². The van der Waals surface area contributed by atoms with Gasteiger partial charge in [0.15, 0.2) is 0 Å². The molecule has 1 aromatic carbocycles. The van der Waals surface area contributed by atoms with Gasteiger partial charge in [-0.3, -0.25) is 0 Å². The van der Waals surface area contributed by atoms with Crippen LogP contribution in [0.5, 0.6) is 0 Å². The highest BCUT2D eigenvalue weighted by molar-refractivity contribution is 5.81. The first-order valence-corrected chi connectivity index (χ1v) is 11.1. The topological polar surface area (TPSA) is 37.3 Å². The molecule has 0 heterocycles. The second-order valence-electron chi connectivity index (χ2n) is 10.6. The van der Waals surface area contributed by atoms with Gasteiger partial charge in [-0.25, -0.2) is 4.79 Å². The number of benzene rings is 1. The summed E-state index contributed by atoms with van der Waals surface area (Å²) >= 11 is 0. The minimum absolute atomic E-state index is 0.208. The molecule has 5 aliphatic rings. The van der Waals surface area contributed by atoms with E-state index in [2.05, 4.69) is 37.3 Å². The lowest BCUT2D eigenvalue weighted by Crippen LogP contribution is -2.48.